The molecule has 0 aromatic heterocycles. The van der Waals surface area contributed by atoms with Gasteiger partial charge in [0.1, 0.15) is 12.4 Å². The van der Waals surface area contributed by atoms with E-state index in [0.717, 1.165) is 18.6 Å². The highest BCUT2D eigenvalue weighted by atomic mass is 16.5. The number of rotatable bonds is 5. The highest BCUT2D eigenvalue weighted by Crippen LogP contribution is 2.16. The summed E-state index contributed by atoms with van der Waals surface area (Å²) in [7, 11) is 0. The van der Waals surface area contributed by atoms with Gasteiger partial charge in [-0.25, -0.2) is 0 Å². The van der Waals surface area contributed by atoms with Crippen molar-refractivity contribution in [2.75, 3.05) is 6.61 Å². The van der Waals surface area contributed by atoms with Gasteiger partial charge in [0.25, 0.3) is 0 Å². The SMILES string of the molecule is O=C1CC[C@@H](COc2ccc(Cc3ccccc3)cc2)N1. The summed E-state index contributed by atoms with van der Waals surface area (Å²) in [5.74, 6) is 0.981. The average Bonchev–Trinajstić information content (AvgIpc) is 2.93. The first-order chi connectivity index (χ1) is 10.3. The Labute approximate surface area is 124 Å². The van der Waals surface area contributed by atoms with Crippen LogP contribution in [0.5, 0.6) is 5.75 Å². The normalized spacial score (nSPS) is 17.5. The first-order valence-corrected chi connectivity index (χ1v) is 7.34. The summed E-state index contributed by atoms with van der Waals surface area (Å²) in [5.41, 5.74) is 2.57. The van der Waals surface area contributed by atoms with Gasteiger partial charge in [-0.15, -0.1) is 0 Å². The largest absolute Gasteiger partial charge is 0.491 e. The van der Waals surface area contributed by atoms with E-state index >= 15 is 0 Å². The maximum Gasteiger partial charge on any atom is 0.220 e. The molecular weight excluding hydrogens is 262 g/mol. The predicted octanol–water partition coefficient (Wildman–Crippen LogP) is 2.93. The van der Waals surface area contributed by atoms with Crippen LogP contribution in [0, 0.1) is 0 Å². The van der Waals surface area contributed by atoms with E-state index in [-0.39, 0.29) is 11.9 Å². The van der Waals surface area contributed by atoms with Crippen molar-refractivity contribution in [3.05, 3.63) is 65.7 Å². The van der Waals surface area contributed by atoms with Gasteiger partial charge in [0.05, 0.1) is 6.04 Å². The van der Waals surface area contributed by atoms with Crippen molar-refractivity contribution in [3.8, 4) is 5.75 Å². The summed E-state index contributed by atoms with van der Waals surface area (Å²) in [5, 5.41) is 2.90. The Morgan fingerprint density at radius 2 is 1.71 bits per heavy atom. The Hall–Kier alpha value is -2.29. The molecule has 0 spiro atoms. The van der Waals surface area contributed by atoms with E-state index in [2.05, 4.69) is 41.7 Å². The van der Waals surface area contributed by atoms with Crippen LogP contribution >= 0.6 is 0 Å². The minimum Gasteiger partial charge on any atom is -0.491 e. The lowest BCUT2D eigenvalue weighted by Gasteiger charge is -2.12. The molecule has 1 aliphatic heterocycles. The van der Waals surface area contributed by atoms with Crippen LogP contribution in [0.25, 0.3) is 0 Å². The van der Waals surface area contributed by atoms with Crippen molar-refractivity contribution >= 4 is 5.91 Å². The number of benzene rings is 2. The molecule has 0 bridgehead atoms. The average molecular weight is 281 g/mol. The highest BCUT2D eigenvalue weighted by molar-refractivity contribution is 5.78. The van der Waals surface area contributed by atoms with Crippen molar-refractivity contribution in [2.24, 2.45) is 0 Å². The van der Waals surface area contributed by atoms with Gasteiger partial charge in [-0.05, 0) is 36.1 Å². The van der Waals surface area contributed by atoms with Crippen LogP contribution in [0.1, 0.15) is 24.0 Å². The molecule has 21 heavy (non-hydrogen) atoms. The third-order valence-electron chi connectivity index (χ3n) is 3.71. The second kappa shape index (κ2) is 6.44. The standard InChI is InChI=1S/C18H19NO2/c20-18-11-8-16(19-18)13-21-17-9-6-15(7-10-17)12-14-4-2-1-3-5-14/h1-7,9-10,16H,8,11-13H2,(H,19,20)/t16-/m0/s1. The minimum absolute atomic E-state index is 0.127. The molecular formula is C18H19NO2. The lowest BCUT2D eigenvalue weighted by Crippen LogP contribution is -2.30. The Morgan fingerprint density at radius 1 is 1.00 bits per heavy atom. The van der Waals surface area contributed by atoms with Gasteiger partial charge in [0.2, 0.25) is 5.91 Å². The molecule has 3 rings (SSSR count). The summed E-state index contributed by atoms with van der Waals surface area (Å²) >= 11 is 0. The van der Waals surface area contributed by atoms with Crippen LogP contribution in [0.2, 0.25) is 0 Å². The van der Waals surface area contributed by atoms with Crippen molar-refractivity contribution < 1.29 is 9.53 Å². The number of carbonyl (C=O) groups excluding carboxylic acids is 1. The van der Waals surface area contributed by atoms with E-state index in [4.69, 9.17) is 4.74 Å². The maximum absolute atomic E-state index is 11.1. The fourth-order valence-electron chi connectivity index (χ4n) is 2.53. The molecule has 0 aliphatic carbocycles. The van der Waals surface area contributed by atoms with E-state index < -0.39 is 0 Å². The number of carbonyl (C=O) groups is 1. The third kappa shape index (κ3) is 3.85. The molecule has 3 heteroatoms. The summed E-state index contributed by atoms with van der Waals surface area (Å²) in [6.45, 7) is 0.545. The molecule has 1 saturated heterocycles. The molecule has 1 heterocycles. The number of hydrogen-bond acceptors (Lipinski definition) is 2. The summed E-state index contributed by atoms with van der Waals surface area (Å²) in [6.07, 6.45) is 2.41. The van der Waals surface area contributed by atoms with Gasteiger partial charge >= 0.3 is 0 Å². The number of hydrogen-bond donors (Lipinski definition) is 1. The summed E-state index contributed by atoms with van der Waals surface area (Å²) in [6, 6.07) is 18.7. The third-order valence-corrected chi connectivity index (χ3v) is 3.71. The first-order valence-electron chi connectivity index (χ1n) is 7.34. The Morgan fingerprint density at radius 3 is 2.38 bits per heavy atom. The molecule has 1 aliphatic rings. The monoisotopic (exact) mass is 281 g/mol. The van der Waals surface area contributed by atoms with Gasteiger partial charge in [-0.1, -0.05) is 42.5 Å². The number of amides is 1. The minimum atomic E-state index is 0.127. The molecule has 1 N–H and O–H groups in total. The van der Waals surface area contributed by atoms with Crippen molar-refractivity contribution in [3.63, 3.8) is 0 Å². The Bertz CT molecular complexity index is 592. The van der Waals surface area contributed by atoms with Crippen molar-refractivity contribution in [1.82, 2.24) is 5.32 Å². The van der Waals surface area contributed by atoms with Crippen LogP contribution in [0.15, 0.2) is 54.6 Å². The number of nitrogens with one attached hydrogen (secondary N) is 1. The Kier molecular flexibility index (Phi) is 4.20. The Balaban J connectivity index is 1.53. The molecule has 108 valence electrons. The van der Waals surface area contributed by atoms with Crippen LogP contribution in [0.3, 0.4) is 0 Å². The zero-order valence-corrected chi connectivity index (χ0v) is 11.9. The molecule has 1 atom stereocenters. The fourth-order valence-corrected chi connectivity index (χ4v) is 2.53. The van der Waals surface area contributed by atoms with Gasteiger partial charge in [0.15, 0.2) is 0 Å². The van der Waals surface area contributed by atoms with Gasteiger partial charge in [0, 0.05) is 6.42 Å². The van der Waals surface area contributed by atoms with Gasteiger partial charge in [-0.2, -0.15) is 0 Å². The quantitative estimate of drug-likeness (QED) is 0.915. The van der Waals surface area contributed by atoms with E-state index in [0.29, 0.717) is 13.0 Å². The second-order valence-corrected chi connectivity index (χ2v) is 5.42. The predicted molar refractivity (Wildman–Crippen MR) is 82.3 cm³/mol. The lowest BCUT2D eigenvalue weighted by atomic mass is 10.1. The molecule has 1 fully saturated rings. The second-order valence-electron chi connectivity index (χ2n) is 5.42. The zero-order valence-electron chi connectivity index (χ0n) is 11.9. The van der Waals surface area contributed by atoms with Crippen molar-refractivity contribution in [1.29, 1.82) is 0 Å². The summed E-state index contributed by atoms with van der Waals surface area (Å²) in [4.78, 5) is 11.1. The first kappa shape index (κ1) is 13.7. The molecule has 0 saturated carbocycles. The fraction of sp³-hybridized carbons (Fsp3) is 0.278. The van der Waals surface area contributed by atoms with E-state index in [1.165, 1.54) is 11.1 Å². The van der Waals surface area contributed by atoms with Crippen LogP contribution in [-0.4, -0.2) is 18.6 Å². The van der Waals surface area contributed by atoms with Crippen LogP contribution < -0.4 is 10.1 Å². The van der Waals surface area contributed by atoms with Gasteiger partial charge in [-0.3, -0.25) is 4.79 Å². The molecule has 0 unspecified atom stereocenters. The summed E-state index contributed by atoms with van der Waals surface area (Å²) < 4.78 is 5.73. The smallest absolute Gasteiger partial charge is 0.220 e. The van der Waals surface area contributed by atoms with Crippen LogP contribution in [0.4, 0.5) is 0 Å². The zero-order chi connectivity index (χ0) is 14.5. The van der Waals surface area contributed by atoms with E-state index in [1.54, 1.807) is 0 Å². The highest BCUT2D eigenvalue weighted by Gasteiger charge is 2.20. The van der Waals surface area contributed by atoms with Crippen molar-refractivity contribution in [2.45, 2.75) is 25.3 Å². The molecule has 2 aromatic carbocycles. The molecule has 2 aromatic rings. The van der Waals surface area contributed by atoms with E-state index in [9.17, 15) is 4.79 Å². The topological polar surface area (TPSA) is 38.3 Å². The molecule has 0 radical (unpaired) electrons. The lowest BCUT2D eigenvalue weighted by molar-refractivity contribution is -0.119. The van der Waals surface area contributed by atoms with Gasteiger partial charge < -0.3 is 10.1 Å². The maximum atomic E-state index is 11.1. The van der Waals surface area contributed by atoms with Crippen LogP contribution in [-0.2, 0) is 11.2 Å². The number of ether oxygens (including phenoxy) is 1. The molecule has 3 nitrogen and oxygen atoms in total. The van der Waals surface area contributed by atoms with E-state index in [1.807, 2.05) is 18.2 Å². The molecule has 1 amide bonds.